The highest BCUT2D eigenvalue weighted by Crippen LogP contribution is 2.16. The topological polar surface area (TPSA) is 77.0 Å². The van der Waals surface area contributed by atoms with E-state index in [4.69, 9.17) is 9.47 Å². The molecule has 0 aromatic heterocycles. The van der Waals surface area contributed by atoms with Crippen LogP contribution in [0.2, 0.25) is 0 Å². The number of carbonyl (C=O) groups excluding carboxylic acids is 2. The Labute approximate surface area is 208 Å². The molecule has 0 saturated carbocycles. The van der Waals surface area contributed by atoms with Gasteiger partial charge >= 0.3 is 5.97 Å². The predicted octanol–water partition coefficient (Wildman–Crippen LogP) is 5.70. The molecule has 0 heterocycles. The number of aryl methyl sites for hydroxylation is 1. The van der Waals surface area contributed by atoms with E-state index < -0.39 is 11.8 Å². The van der Waals surface area contributed by atoms with Crippen LogP contribution in [-0.2, 0) is 6.61 Å². The zero-order valence-electron chi connectivity index (χ0n) is 19.5. The van der Waals surface area contributed by atoms with E-state index in [1.54, 1.807) is 54.6 Å². The Kier molecular flexibility index (Phi) is 7.83. The molecular weight excluding hydrogens is 459 g/mol. The van der Waals surface area contributed by atoms with Crippen LogP contribution in [0.5, 0.6) is 11.5 Å². The van der Waals surface area contributed by atoms with Gasteiger partial charge in [0.2, 0.25) is 0 Å². The quantitative estimate of drug-likeness (QED) is 0.151. The molecule has 36 heavy (non-hydrogen) atoms. The van der Waals surface area contributed by atoms with Gasteiger partial charge in [0.15, 0.2) is 0 Å². The van der Waals surface area contributed by atoms with Crippen LogP contribution in [0, 0.1) is 12.7 Å². The molecule has 0 saturated heterocycles. The van der Waals surface area contributed by atoms with E-state index in [9.17, 15) is 14.0 Å². The van der Waals surface area contributed by atoms with Crippen LogP contribution in [0.3, 0.4) is 0 Å². The summed E-state index contributed by atoms with van der Waals surface area (Å²) in [4.78, 5) is 24.4. The van der Waals surface area contributed by atoms with Crippen molar-refractivity contribution in [2.75, 3.05) is 0 Å². The van der Waals surface area contributed by atoms with Gasteiger partial charge in [0.05, 0.1) is 11.8 Å². The Morgan fingerprint density at radius 1 is 0.861 bits per heavy atom. The summed E-state index contributed by atoms with van der Waals surface area (Å²) in [6.45, 7) is 2.47. The van der Waals surface area contributed by atoms with Gasteiger partial charge in [0, 0.05) is 5.56 Å². The van der Waals surface area contributed by atoms with E-state index >= 15 is 0 Å². The summed E-state index contributed by atoms with van der Waals surface area (Å²) in [5, 5.41) is 3.96. The summed E-state index contributed by atoms with van der Waals surface area (Å²) in [7, 11) is 0. The second-order valence-electron chi connectivity index (χ2n) is 7.94. The lowest BCUT2D eigenvalue weighted by atomic mass is 10.2. The first-order valence-corrected chi connectivity index (χ1v) is 11.2. The lowest BCUT2D eigenvalue weighted by molar-refractivity contribution is 0.0729. The first kappa shape index (κ1) is 24.3. The highest BCUT2D eigenvalue weighted by Gasteiger charge is 2.13. The predicted molar refractivity (Wildman–Crippen MR) is 135 cm³/mol. The highest BCUT2D eigenvalue weighted by atomic mass is 19.1. The van der Waals surface area contributed by atoms with E-state index in [0.29, 0.717) is 23.5 Å². The van der Waals surface area contributed by atoms with Crippen LogP contribution < -0.4 is 14.9 Å². The van der Waals surface area contributed by atoms with Gasteiger partial charge in [-0.15, -0.1) is 0 Å². The molecule has 4 aromatic carbocycles. The highest BCUT2D eigenvalue weighted by molar-refractivity contribution is 5.95. The van der Waals surface area contributed by atoms with E-state index in [1.165, 1.54) is 30.0 Å². The normalized spacial score (nSPS) is 10.7. The van der Waals surface area contributed by atoms with Crippen molar-refractivity contribution in [3.05, 3.63) is 131 Å². The number of hydrogen-bond donors (Lipinski definition) is 1. The maximum absolute atomic E-state index is 13.7. The van der Waals surface area contributed by atoms with Gasteiger partial charge in [0.1, 0.15) is 23.9 Å². The van der Waals surface area contributed by atoms with Crippen molar-refractivity contribution in [1.82, 2.24) is 5.43 Å². The van der Waals surface area contributed by atoms with Crippen molar-refractivity contribution in [2.24, 2.45) is 5.10 Å². The summed E-state index contributed by atoms with van der Waals surface area (Å²) < 4.78 is 24.7. The molecule has 0 spiro atoms. The number of amides is 1. The molecule has 1 N–H and O–H groups in total. The molecule has 0 bridgehead atoms. The average molecular weight is 483 g/mol. The number of esters is 1. The minimum absolute atomic E-state index is 0.142. The van der Waals surface area contributed by atoms with Crippen LogP contribution in [0.1, 0.15) is 37.4 Å². The second kappa shape index (κ2) is 11.6. The maximum atomic E-state index is 13.7. The maximum Gasteiger partial charge on any atom is 0.346 e. The number of hydrazone groups is 1. The molecule has 180 valence electrons. The van der Waals surface area contributed by atoms with Crippen LogP contribution in [0.15, 0.2) is 102 Å². The number of nitrogens with one attached hydrogen (secondary N) is 1. The number of nitrogens with zero attached hydrogens (tertiary/aromatic N) is 1. The average Bonchev–Trinajstić information content (AvgIpc) is 2.90. The van der Waals surface area contributed by atoms with Crippen LogP contribution in [-0.4, -0.2) is 18.1 Å². The van der Waals surface area contributed by atoms with Crippen LogP contribution >= 0.6 is 0 Å². The van der Waals surface area contributed by atoms with Gasteiger partial charge in [-0.1, -0.05) is 42.0 Å². The molecule has 0 aliphatic rings. The number of hydrogen-bond acceptors (Lipinski definition) is 5. The fourth-order valence-corrected chi connectivity index (χ4v) is 3.19. The minimum atomic E-state index is -0.784. The van der Waals surface area contributed by atoms with Crippen molar-refractivity contribution >= 4 is 18.1 Å². The van der Waals surface area contributed by atoms with Gasteiger partial charge < -0.3 is 9.47 Å². The monoisotopic (exact) mass is 482 g/mol. The lowest BCUT2D eigenvalue weighted by Crippen LogP contribution is -2.17. The fourth-order valence-electron chi connectivity index (χ4n) is 3.19. The summed E-state index contributed by atoms with van der Waals surface area (Å²) in [5.41, 5.74) is 5.68. The molecule has 4 rings (SSSR count). The lowest BCUT2D eigenvalue weighted by Gasteiger charge is -2.07. The minimum Gasteiger partial charge on any atom is -0.489 e. The molecule has 0 aliphatic heterocycles. The van der Waals surface area contributed by atoms with Crippen LogP contribution in [0.4, 0.5) is 4.39 Å². The number of halogens is 1. The zero-order valence-corrected chi connectivity index (χ0v) is 19.5. The number of benzene rings is 4. The Morgan fingerprint density at radius 3 is 2.22 bits per heavy atom. The number of ether oxygens (including phenoxy) is 2. The Morgan fingerprint density at radius 2 is 1.53 bits per heavy atom. The Hall–Kier alpha value is -4.78. The van der Waals surface area contributed by atoms with Crippen molar-refractivity contribution in [3.63, 3.8) is 0 Å². The number of carbonyl (C=O) groups is 2. The standard InChI is InChI=1S/C29H23FN2O4/c1-20-6-8-22(9-7-20)19-35-24-16-12-23(13-17-24)28(33)32-31-18-21-10-14-25(15-11-21)36-29(34)26-4-2-3-5-27(26)30/h2-18H,19H2,1H3,(H,32,33)/b31-18+. The largest absolute Gasteiger partial charge is 0.489 e. The third kappa shape index (κ3) is 6.64. The third-order valence-electron chi connectivity index (χ3n) is 5.21. The summed E-state index contributed by atoms with van der Waals surface area (Å²) in [5.74, 6) is -0.882. The van der Waals surface area contributed by atoms with Crippen molar-refractivity contribution in [1.29, 1.82) is 0 Å². The molecule has 1 amide bonds. The smallest absolute Gasteiger partial charge is 0.346 e. The zero-order chi connectivity index (χ0) is 25.3. The first-order chi connectivity index (χ1) is 17.5. The molecule has 0 aliphatic carbocycles. The number of rotatable bonds is 8. The summed E-state index contributed by atoms with van der Waals surface area (Å²) in [6, 6.07) is 26.9. The molecule has 4 aromatic rings. The van der Waals surface area contributed by atoms with Crippen LogP contribution in [0.25, 0.3) is 0 Å². The summed E-state index contributed by atoms with van der Waals surface area (Å²) in [6.07, 6.45) is 1.46. The fraction of sp³-hybridized carbons (Fsp3) is 0.0690. The molecular formula is C29H23FN2O4. The Bertz CT molecular complexity index is 1370. The van der Waals surface area contributed by atoms with Crippen molar-refractivity contribution < 1.29 is 23.5 Å². The van der Waals surface area contributed by atoms with Gasteiger partial charge in [-0.3, -0.25) is 4.79 Å². The third-order valence-corrected chi connectivity index (χ3v) is 5.21. The van der Waals surface area contributed by atoms with Crippen molar-refractivity contribution in [3.8, 4) is 11.5 Å². The Balaban J connectivity index is 1.26. The first-order valence-electron chi connectivity index (χ1n) is 11.2. The van der Waals surface area contributed by atoms with Gasteiger partial charge in [-0.25, -0.2) is 14.6 Å². The van der Waals surface area contributed by atoms with Gasteiger partial charge in [0.25, 0.3) is 5.91 Å². The summed E-state index contributed by atoms with van der Waals surface area (Å²) >= 11 is 0. The molecule has 6 nitrogen and oxygen atoms in total. The molecule has 0 atom stereocenters. The SMILES string of the molecule is Cc1ccc(COc2ccc(C(=O)N/N=C/c3ccc(OC(=O)c4ccccc4F)cc3)cc2)cc1. The molecule has 7 heteroatoms. The van der Waals surface area contributed by atoms with Gasteiger partial charge in [-0.2, -0.15) is 5.10 Å². The van der Waals surface area contributed by atoms with Crippen molar-refractivity contribution in [2.45, 2.75) is 13.5 Å². The van der Waals surface area contributed by atoms with E-state index in [-0.39, 0.29) is 17.2 Å². The molecule has 0 unspecified atom stereocenters. The van der Waals surface area contributed by atoms with E-state index in [0.717, 1.165) is 5.56 Å². The van der Waals surface area contributed by atoms with Gasteiger partial charge in [-0.05, 0) is 78.7 Å². The second-order valence-corrected chi connectivity index (χ2v) is 7.94. The van der Waals surface area contributed by atoms with E-state index in [1.807, 2.05) is 31.2 Å². The molecule has 0 radical (unpaired) electrons. The molecule has 0 fully saturated rings. The van der Waals surface area contributed by atoms with E-state index in [2.05, 4.69) is 10.5 Å².